The zero-order valence-corrected chi connectivity index (χ0v) is 12.6. The molecule has 0 saturated carbocycles. The van der Waals surface area contributed by atoms with Crippen molar-refractivity contribution in [3.05, 3.63) is 45.1 Å². The number of anilines is 1. The van der Waals surface area contributed by atoms with Crippen LogP contribution in [0.5, 0.6) is 5.75 Å². The van der Waals surface area contributed by atoms with Gasteiger partial charge in [0.1, 0.15) is 10.6 Å². The van der Waals surface area contributed by atoms with Crippen LogP contribution in [0.25, 0.3) is 0 Å². The number of nitrogens with one attached hydrogen (secondary N) is 1. The van der Waals surface area contributed by atoms with Gasteiger partial charge in [-0.3, -0.25) is 4.79 Å². The SMILES string of the molecule is Cc1cc(Cl)ccc1NC(=O)COc1csc(C(=O)O)c1. The van der Waals surface area contributed by atoms with Crippen molar-refractivity contribution in [1.29, 1.82) is 0 Å². The monoisotopic (exact) mass is 325 g/mol. The fraction of sp³-hybridized carbons (Fsp3) is 0.143. The highest BCUT2D eigenvalue weighted by molar-refractivity contribution is 7.12. The largest absolute Gasteiger partial charge is 0.483 e. The van der Waals surface area contributed by atoms with Crippen LogP contribution in [-0.4, -0.2) is 23.6 Å². The van der Waals surface area contributed by atoms with E-state index >= 15 is 0 Å². The molecule has 0 radical (unpaired) electrons. The Kier molecular flexibility index (Phi) is 4.82. The van der Waals surface area contributed by atoms with Crippen LogP contribution in [0.2, 0.25) is 5.02 Å². The normalized spacial score (nSPS) is 10.2. The molecule has 0 unspecified atom stereocenters. The minimum absolute atomic E-state index is 0.166. The fourth-order valence-electron chi connectivity index (χ4n) is 1.61. The zero-order valence-electron chi connectivity index (χ0n) is 11.1. The van der Waals surface area contributed by atoms with Gasteiger partial charge in [0.25, 0.3) is 5.91 Å². The number of carbonyl (C=O) groups is 2. The van der Waals surface area contributed by atoms with Crippen molar-refractivity contribution in [1.82, 2.24) is 0 Å². The first-order valence-electron chi connectivity index (χ1n) is 5.96. The molecule has 2 rings (SSSR count). The van der Waals surface area contributed by atoms with Gasteiger partial charge in [0.15, 0.2) is 6.61 Å². The molecule has 0 atom stereocenters. The Hall–Kier alpha value is -2.05. The number of carboxylic acid groups (broad SMARTS) is 1. The molecule has 5 nitrogen and oxygen atoms in total. The number of carbonyl (C=O) groups excluding carboxylic acids is 1. The molecule has 0 aliphatic carbocycles. The zero-order chi connectivity index (χ0) is 15.4. The molecule has 7 heteroatoms. The summed E-state index contributed by atoms with van der Waals surface area (Å²) in [6.45, 7) is 1.64. The number of halogens is 1. The van der Waals surface area contributed by atoms with Gasteiger partial charge in [0, 0.05) is 22.2 Å². The Morgan fingerprint density at radius 2 is 2.14 bits per heavy atom. The topological polar surface area (TPSA) is 75.6 Å². The summed E-state index contributed by atoms with van der Waals surface area (Å²) in [6, 6.07) is 6.52. The standard InChI is InChI=1S/C14H12ClNO4S/c1-8-4-9(15)2-3-11(8)16-13(17)6-20-10-5-12(14(18)19)21-7-10/h2-5,7H,6H2,1H3,(H,16,17)(H,18,19). The number of carboxylic acids is 1. The van der Waals surface area contributed by atoms with Gasteiger partial charge in [-0.25, -0.2) is 4.79 Å². The molecule has 1 aromatic carbocycles. The summed E-state index contributed by atoms with van der Waals surface area (Å²) in [5.74, 6) is -0.986. The first-order chi connectivity index (χ1) is 9.95. The summed E-state index contributed by atoms with van der Waals surface area (Å²) in [6.07, 6.45) is 0. The maximum atomic E-state index is 11.8. The molecular formula is C14H12ClNO4S. The van der Waals surface area contributed by atoms with Crippen LogP contribution < -0.4 is 10.1 Å². The van der Waals surface area contributed by atoms with Gasteiger partial charge in [-0.05, 0) is 30.7 Å². The summed E-state index contributed by atoms with van der Waals surface area (Å²) in [5, 5.41) is 13.6. The maximum absolute atomic E-state index is 11.8. The van der Waals surface area contributed by atoms with Crippen molar-refractivity contribution < 1.29 is 19.4 Å². The number of aryl methyl sites for hydroxylation is 1. The smallest absolute Gasteiger partial charge is 0.346 e. The Morgan fingerprint density at radius 1 is 1.38 bits per heavy atom. The quantitative estimate of drug-likeness (QED) is 0.883. The number of hydrogen-bond donors (Lipinski definition) is 2. The molecule has 2 N–H and O–H groups in total. The average Bonchev–Trinajstić information content (AvgIpc) is 2.89. The summed E-state index contributed by atoms with van der Waals surface area (Å²) < 4.78 is 5.24. The minimum atomic E-state index is -1.02. The molecule has 1 aromatic heterocycles. The Bertz CT molecular complexity index is 683. The van der Waals surface area contributed by atoms with Crippen molar-refractivity contribution >= 4 is 40.5 Å². The molecule has 0 spiro atoms. The average molecular weight is 326 g/mol. The third kappa shape index (κ3) is 4.21. The van der Waals surface area contributed by atoms with Crippen molar-refractivity contribution in [2.45, 2.75) is 6.92 Å². The van der Waals surface area contributed by atoms with Gasteiger partial charge in [-0.2, -0.15) is 0 Å². The lowest BCUT2D eigenvalue weighted by Crippen LogP contribution is -2.20. The van der Waals surface area contributed by atoms with Crippen molar-refractivity contribution in [2.75, 3.05) is 11.9 Å². The van der Waals surface area contributed by atoms with E-state index in [9.17, 15) is 9.59 Å². The number of ether oxygens (including phenoxy) is 1. The summed E-state index contributed by atoms with van der Waals surface area (Å²) in [7, 11) is 0. The summed E-state index contributed by atoms with van der Waals surface area (Å²) in [4.78, 5) is 22.7. The van der Waals surface area contributed by atoms with Crippen LogP contribution in [0.4, 0.5) is 5.69 Å². The minimum Gasteiger partial charge on any atom is -0.483 e. The number of hydrogen-bond acceptors (Lipinski definition) is 4. The van der Waals surface area contributed by atoms with Gasteiger partial charge in [-0.1, -0.05) is 11.6 Å². The van der Waals surface area contributed by atoms with Crippen LogP contribution in [0, 0.1) is 6.92 Å². The van der Waals surface area contributed by atoms with Crippen LogP contribution in [0.3, 0.4) is 0 Å². The molecule has 0 aliphatic heterocycles. The highest BCUT2D eigenvalue weighted by Gasteiger charge is 2.10. The van der Waals surface area contributed by atoms with E-state index in [4.69, 9.17) is 21.4 Å². The van der Waals surface area contributed by atoms with E-state index in [1.54, 1.807) is 23.6 Å². The third-order valence-electron chi connectivity index (χ3n) is 2.62. The van der Waals surface area contributed by atoms with Crippen LogP contribution >= 0.6 is 22.9 Å². The predicted octanol–water partition coefficient (Wildman–Crippen LogP) is 3.43. The number of rotatable bonds is 5. The highest BCUT2D eigenvalue weighted by atomic mass is 35.5. The lowest BCUT2D eigenvalue weighted by molar-refractivity contribution is -0.118. The number of thiophene rings is 1. The molecule has 0 bridgehead atoms. The first kappa shape index (κ1) is 15.3. The highest BCUT2D eigenvalue weighted by Crippen LogP contribution is 2.22. The molecule has 1 amide bonds. The Labute approximate surface area is 130 Å². The third-order valence-corrected chi connectivity index (χ3v) is 3.75. The molecule has 0 saturated heterocycles. The van der Waals surface area contributed by atoms with Crippen molar-refractivity contribution in [2.24, 2.45) is 0 Å². The number of amides is 1. The Balaban J connectivity index is 1.91. The summed E-state index contributed by atoms with van der Waals surface area (Å²) >= 11 is 6.88. The number of benzene rings is 1. The van der Waals surface area contributed by atoms with E-state index in [1.165, 1.54) is 6.07 Å². The molecule has 1 heterocycles. The second kappa shape index (κ2) is 6.60. The summed E-state index contributed by atoms with van der Waals surface area (Å²) in [5.41, 5.74) is 1.50. The van der Waals surface area contributed by atoms with E-state index in [1.807, 2.05) is 6.92 Å². The molecule has 0 fully saturated rings. The molecular weight excluding hydrogens is 314 g/mol. The van der Waals surface area contributed by atoms with E-state index in [-0.39, 0.29) is 17.4 Å². The van der Waals surface area contributed by atoms with Gasteiger partial charge in [0.2, 0.25) is 0 Å². The van der Waals surface area contributed by atoms with Crippen LogP contribution in [0.15, 0.2) is 29.6 Å². The molecule has 110 valence electrons. The lowest BCUT2D eigenvalue weighted by atomic mass is 10.2. The van der Waals surface area contributed by atoms with Crippen LogP contribution in [-0.2, 0) is 4.79 Å². The van der Waals surface area contributed by atoms with E-state index in [2.05, 4.69) is 5.32 Å². The fourth-order valence-corrected chi connectivity index (χ4v) is 2.50. The molecule has 21 heavy (non-hydrogen) atoms. The van der Waals surface area contributed by atoms with E-state index < -0.39 is 5.97 Å². The second-order valence-corrected chi connectivity index (χ2v) is 5.60. The van der Waals surface area contributed by atoms with Gasteiger partial charge < -0.3 is 15.2 Å². The lowest BCUT2D eigenvalue weighted by Gasteiger charge is -2.09. The van der Waals surface area contributed by atoms with E-state index in [0.717, 1.165) is 16.9 Å². The second-order valence-electron chi connectivity index (χ2n) is 4.25. The van der Waals surface area contributed by atoms with Gasteiger partial charge in [0.05, 0.1) is 0 Å². The Morgan fingerprint density at radius 3 is 2.76 bits per heavy atom. The maximum Gasteiger partial charge on any atom is 0.346 e. The van der Waals surface area contributed by atoms with Gasteiger partial charge >= 0.3 is 5.97 Å². The van der Waals surface area contributed by atoms with Crippen molar-refractivity contribution in [3.8, 4) is 5.75 Å². The van der Waals surface area contributed by atoms with Gasteiger partial charge in [-0.15, -0.1) is 11.3 Å². The van der Waals surface area contributed by atoms with E-state index in [0.29, 0.717) is 16.5 Å². The van der Waals surface area contributed by atoms with Crippen molar-refractivity contribution in [3.63, 3.8) is 0 Å². The molecule has 0 aliphatic rings. The number of aromatic carboxylic acids is 1. The first-order valence-corrected chi connectivity index (χ1v) is 7.22. The predicted molar refractivity (Wildman–Crippen MR) is 81.6 cm³/mol. The molecule has 2 aromatic rings. The van der Waals surface area contributed by atoms with Crippen LogP contribution in [0.1, 0.15) is 15.2 Å².